The van der Waals surface area contributed by atoms with Crippen LogP contribution in [0.15, 0.2) is 30.3 Å². The molecule has 1 saturated carbocycles. The number of hydrogen-bond donors (Lipinski definition) is 2. The van der Waals surface area contributed by atoms with Crippen molar-refractivity contribution < 1.29 is 4.79 Å². The smallest absolute Gasteiger partial charge is 0.237 e. The average Bonchev–Trinajstić information content (AvgIpc) is 3.09. The molecule has 3 rings (SSSR count). The third-order valence-corrected chi connectivity index (χ3v) is 5.70. The molecule has 2 unspecified atom stereocenters. The molecule has 1 heterocycles. The van der Waals surface area contributed by atoms with Crippen molar-refractivity contribution in [2.24, 2.45) is 11.7 Å². The maximum Gasteiger partial charge on any atom is 0.237 e. The molecule has 2 atom stereocenters. The third kappa shape index (κ3) is 4.37. The van der Waals surface area contributed by atoms with Gasteiger partial charge in [0, 0.05) is 19.1 Å². The minimum absolute atomic E-state index is 0.00264. The molecule has 1 saturated heterocycles. The second kappa shape index (κ2) is 8.63. The summed E-state index contributed by atoms with van der Waals surface area (Å²) in [7, 11) is 0. The molecular weight excluding hydrogens is 298 g/mol. The predicted molar refractivity (Wildman–Crippen MR) is 97.4 cm³/mol. The zero-order valence-electron chi connectivity index (χ0n) is 14.6. The van der Waals surface area contributed by atoms with Gasteiger partial charge in [0.25, 0.3) is 0 Å². The molecule has 1 aliphatic heterocycles. The number of nitrogens with two attached hydrogens (primary N) is 1. The van der Waals surface area contributed by atoms with Crippen LogP contribution in [0.25, 0.3) is 0 Å². The van der Waals surface area contributed by atoms with E-state index in [1.54, 1.807) is 0 Å². The lowest BCUT2D eigenvalue weighted by molar-refractivity contribution is -0.126. The van der Waals surface area contributed by atoms with Gasteiger partial charge in [0.1, 0.15) is 0 Å². The summed E-state index contributed by atoms with van der Waals surface area (Å²) in [6.07, 6.45) is 8.36. The fourth-order valence-corrected chi connectivity index (χ4v) is 4.31. The number of amides is 1. The van der Waals surface area contributed by atoms with Gasteiger partial charge in [0.2, 0.25) is 5.91 Å². The zero-order chi connectivity index (χ0) is 16.8. The first-order valence-electron chi connectivity index (χ1n) is 9.56. The molecule has 2 fully saturated rings. The van der Waals surface area contributed by atoms with Crippen LogP contribution in [0, 0.1) is 5.92 Å². The van der Waals surface area contributed by atoms with Crippen LogP contribution in [-0.4, -0.2) is 36.0 Å². The van der Waals surface area contributed by atoms with Gasteiger partial charge in [0.15, 0.2) is 0 Å². The van der Waals surface area contributed by atoms with Crippen molar-refractivity contribution in [1.29, 1.82) is 0 Å². The SMILES string of the molecule is NCC(NC(=O)C1CCCN1Cc1ccccc1)C1CCCCC1. The topological polar surface area (TPSA) is 58.4 Å². The molecular formula is C20H31N3O. The molecule has 1 amide bonds. The highest BCUT2D eigenvalue weighted by atomic mass is 16.2. The zero-order valence-corrected chi connectivity index (χ0v) is 14.6. The number of rotatable bonds is 6. The highest BCUT2D eigenvalue weighted by Gasteiger charge is 2.33. The van der Waals surface area contributed by atoms with E-state index in [0.717, 1.165) is 25.9 Å². The van der Waals surface area contributed by atoms with Crippen LogP contribution in [0.5, 0.6) is 0 Å². The molecule has 0 spiro atoms. The summed E-state index contributed by atoms with van der Waals surface area (Å²) >= 11 is 0. The number of benzene rings is 1. The van der Waals surface area contributed by atoms with E-state index in [0.29, 0.717) is 12.5 Å². The summed E-state index contributed by atoms with van der Waals surface area (Å²) in [6.45, 7) is 2.42. The standard InChI is InChI=1S/C20H31N3O/c21-14-18(17-10-5-2-6-11-17)22-20(24)19-12-7-13-23(19)15-16-8-3-1-4-9-16/h1,3-4,8-9,17-19H,2,5-7,10-15,21H2,(H,22,24). The van der Waals surface area contributed by atoms with Crippen molar-refractivity contribution in [1.82, 2.24) is 10.2 Å². The number of nitrogens with one attached hydrogen (secondary N) is 1. The predicted octanol–water partition coefficient (Wildman–Crippen LogP) is 2.67. The van der Waals surface area contributed by atoms with Crippen molar-refractivity contribution >= 4 is 5.91 Å². The van der Waals surface area contributed by atoms with E-state index in [2.05, 4.69) is 34.5 Å². The monoisotopic (exact) mass is 329 g/mol. The van der Waals surface area contributed by atoms with Crippen molar-refractivity contribution in [2.45, 2.75) is 63.6 Å². The van der Waals surface area contributed by atoms with Crippen molar-refractivity contribution in [2.75, 3.05) is 13.1 Å². The molecule has 0 radical (unpaired) electrons. The molecule has 1 aliphatic carbocycles. The molecule has 0 aromatic heterocycles. The molecule has 3 N–H and O–H groups in total. The minimum atomic E-state index is 0.00264. The van der Waals surface area contributed by atoms with Crippen LogP contribution >= 0.6 is 0 Å². The van der Waals surface area contributed by atoms with Gasteiger partial charge in [0.05, 0.1) is 6.04 Å². The molecule has 24 heavy (non-hydrogen) atoms. The highest BCUT2D eigenvalue weighted by Crippen LogP contribution is 2.27. The van der Waals surface area contributed by atoms with Crippen molar-refractivity contribution in [3.8, 4) is 0 Å². The maximum atomic E-state index is 12.8. The van der Waals surface area contributed by atoms with Crippen LogP contribution in [0.3, 0.4) is 0 Å². The fourth-order valence-electron chi connectivity index (χ4n) is 4.31. The van der Waals surface area contributed by atoms with E-state index >= 15 is 0 Å². The first-order valence-corrected chi connectivity index (χ1v) is 9.56. The van der Waals surface area contributed by atoms with E-state index in [-0.39, 0.29) is 18.0 Å². The van der Waals surface area contributed by atoms with E-state index in [4.69, 9.17) is 5.73 Å². The molecule has 2 aliphatic rings. The Bertz CT molecular complexity index is 513. The molecule has 1 aromatic carbocycles. The third-order valence-electron chi connectivity index (χ3n) is 5.70. The Hall–Kier alpha value is -1.39. The van der Waals surface area contributed by atoms with Gasteiger partial charge >= 0.3 is 0 Å². The lowest BCUT2D eigenvalue weighted by atomic mass is 9.84. The van der Waals surface area contributed by atoms with Crippen LogP contribution in [0.4, 0.5) is 0 Å². The first-order chi connectivity index (χ1) is 11.8. The first kappa shape index (κ1) is 17.4. The van der Waals surface area contributed by atoms with Crippen molar-refractivity contribution in [3.05, 3.63) is 35.9 Å². The maximum absolute atomic E-state index is 12.8. The summed E-state index contributed by atoms with van der Waals surface area (Å²) in [5.74, 6) is 0.751. The summed E-state index contributed by atoms with van der Waals surface area (Å²) in [5.41, 5.74) is 7.26. The normalized spacial score (nSPS) is 24.0. The lowest BCUT2D eigenvalue weighted by Gasteiger charge is -2.32. The van der Waals surface area contributed by atoms with E-state index in [1.165, 1.54) is 37.7 Å². The summed E-state index contributed by atoms with van der Waals surface area (Å²) in [5, 5.41) is 3.29. The quantitative estimate of drug-likeness (QED) is 0.843. The van der Waals surface area contributed by atoms with Crippen LogP contribution < -0.4 is 11.1 Å². The summed E-state index contributed by atoms with van der Waals surface area (Å²) in [4.78, 5) is 15.2. The number of nitrogens with zero attached hydrogens (tertiary/aromatic N) is 1. The van der Waals surface area contributed by atoms with E-state index in [1.807, 2.05) is 6.07 Å². The van der Waals surface area contributed by atoms with E-state index < -0.39 is 0 Å². The lowest BCUT2D eigenvalue weighted by Crippen LogP contribution is -2.51. The van der Waals surface area contributed by atoms with Gasteiger partial charge in [-0.25, -0.2) is 0 Å². The molecule has 4 nitrogen and oxygen atoms in total. The number of likely N-dealkylation sites (tertiary alicyclic amines) is 1. The Kier molecular flexibility index (Phi) is 6.27. The van der Waals surface area contributed by atoms with Gasteiger partial charge in [-0.15, -0.1) is 0 Å². The van der Waals surface area contributed by atoms with Gasteiger partial charge in [-0.1, -0.05) is 49.6 Å². The van der Waals surface area contributed by atoms with Crippen LogP contribution in [0.1, 0.15) is 50.5 Å². The van der Waals surface area contributed by atoms with Crippen LogP contribution in [-0.2, 0) is 11.3 Å². The second-order valence-corrected chi connectivity index (χ2v) is 7.36. The minimum Gasteiger partial charge on any atom is -0.350 e. The largest absolute Gasteiger partial charge is 0.350 e. The molecule has 4 heteroatoms. The van der Waals surface area contributed by atoms with Gasteiger partial charge in [-0.3, -0.25) is 9.69 Å². The van der Waals surface area contributed by atoms with E-state index in [9.17, 15) is 4.79 Å². The number of carbonyl (C=O) groups excluding carboxylic acids is 1. The Labute approximate surface area is 145 Å². The molecule has 132 valence electrons. The molecule has 0 bridgehead atoms. The fraction of sp³-hybridized carbons (Fsp3) is 0.650. The Morgan fingerprint density at radius 3 is 2.58 bits per heavy atom. The van der Waals surface area contributed by atoms with Gasteiger partial charge < -0.3 is 11.1 Å². The van der Waals surface area contributed by atoms with Crippen molar-refractivity contribution in [3.63, 3.8) is 0 Å². The van der Waals surface area contributed by atoms with Crippen LogP contribution in [0.2, 0.25) is 0 Å². The second-order valence-electron chi connectivity index (χ2n) is 7.36. The Balaban J connectivity index is 1.58. The summed E-state index contributed by atoms with van der Waals surface area (Å²) in [6, 6.07) is 10.6. The highest BCUT2D eigenvalue weighted by molar-refractivity contribution is 5.82. The summed E-state index contributed by atoms with van der Waals surface area (Å²) < 4.78 is 0. The molecule has 1 aromatic rings. The van der Waals surface area contributed by atoms with Gasteiger partial charge in [-0.2, -0.15) is 0 Å². The van der Waals surface area contributed by atoms with Gasteiger partial charge in [-0.05, 0) is 43.7 Å². The number of hydrogen-bond acceptors (Lipinski definition) is 3. The average molecular weight is 329 g/mol. The number of carbonyl (C=O) groups is 1. The Morgan fingerprint density at radius 2 is 1.88 bits per heavy atom. The Morgan fingerprint density at radius 1 is 1.12 bits per heavy atom.